The molecule has 3 rings (SSSR count). The van der Waals surface area contributed by atoms with Gasteiger partial charge in [0, 0.05) is 31.9 Å². The highest BCUT2D eigenvalue weighted by atomic mass is 16.5. The summed E-state index contributed by atoms with van der Waals surface area (Å²) in [7, 11) is 0. The second kappa shape index (κ2) is 7.04. The van der Waals surface area contributed by atoms with Crippen LogP contribution >= 0.6 is 0 Å². The first-order chi connectivity index (χ1) is 10.3. The minimum absolute atomic E-state index is 0.251. The molecule has 0 radical (unpaired) electrons. The van der Waals surface area contributed by atoms with E-state index in [1.807, 2.05) is 6.07 Å². The van der Waals surface area contributed by atoms with Gasteiger partial charge >= 0.3 is 0 Å². The van der Waals surface area contributed by atoms with Gasteiger partial charge in [-0.05, 0) is 31.9 Å². The largest absolute Gasteiger partial charge is 0.373 e. The van der Waals surface area contributed by atoms with Gasteiger partial charge in [-0.3, -0.25) is 4.90 Å². The third-order valence-corrected chi connectivity index (χ3v) is 4.16. The van der Waals surface area contributed by atoms with Crippen LogP contribution in [0.25, 0.3) is 0 Å². The van der Waals surface area contributed by atoms with E-state index in [1.54, 1.807) is 6.20 Å². The Morgan fingerprint density at radius 2 is 2.38 bits per heavy atom. The van der Waals surface area contributed by atoms with Crippen LogP contribution < -0.4 is 10.6 Å². The minimum atomic E-state index is 0.251. The fraction of sp³-hybridized carbons (Fsp3) is 0.733. The first kappa shape index (κ1) is 14.5. The van der Waals surface area contributed by atoms with E-state index in [9.17, 15) is 0 Å². The van der Waals surface area contributed by atoms with E-state index in [0.717, 1.165) is 38.5 Å². The van der Waals surface area contributed by atoms with E-state index in [-0.39, 0.29) is 6.10 Å². The summed E-state index contributed by atoms with van der Waals surface area (Å²) in [5.74, 6) is 1.54. The molecule has 2 fully saturated rings. The number of rotatable bonds is 6. The van der Waals surface area contributed by atoms with Gasteiger partial charge in [0.05, 0.1) is 12.7 Å². The van der Waals surface area contributed by atoms with Crippen molar-refractivity contribution in [2.45, 2.75) is 38.3 Å². The van der Waals surface area contributed by atoms with Gasteiger partial charge in [-0.1, -0.05) is 6.92 Å². The number of anilines is 2. The lowest BCUT2D eigenvalue weighted by Gasteiger charge is -2.35. The molecule has 2 aliphatic heterocycles. The average Bonchev–Trinajstić information content (AvgIpc) is 2.99. The summed E-state index contributed by atoms with van der Waals surface area (Å²) < 4.78 is 5.95. The zero-order valence-corrected chi connectivity index (χ0v) is 12.7. The Morgan fingerprint density at radius 1 is 1.43 bits per heavy atom. The minimum Gasteiger partial charge on any atom is -0.373 e. The van der Waals surface area contributed by atoms with Crippen molar-refractivity contribution in [1.29, 1.82) is 0 Å². The van der Waals surface area contributed by atoms with Gasteiger partial charge in [0.25, 0.3) is 0 Å². The molecule has 6 heteroatoms. The van der Waals surface area contributed by atoms with Crippen LogP contribution in [0.5, 0.6) is 0 Å². The summed E-state index contributed by atoms with van der Waals surface area (Å²) in [6, 6.07) is 2.56. The van der Waals surface area contributed by atoms with Gasteiger partial charge in [0.15, 0.2) is 0 Å². The molecule has 0 spiro atoms. The van der Waals surface area contributed by atoms with Gasteiger partial charge in [-0.25, -0.2) is 4.98 Å². The average molecular weight is 291 g/mol. The van der Waals surface area contributed by atoms with Crippen LogP contribution in [0.4, 0.5) is 11.8 Å². The Morgan fingerprint density at radius 3 is 3.29 bits per heavy atom. The van der Waals surface area contributed by atoms with Gasteiger partial charge in [0.1, 0.15) is 5.82 Å². The Labute approximate surface area is 126 Å². The molecule has 0 amide bonds. The quantitative estimate of drug-likeness (QED) is 0.829. The lowest BCUT2D eigenvalue weighted by atomic mass is 10.2. The van der Waals surface area contributed by atoms with Crippen molar-refractivity contribution in [3.05, 3.63) is 12.3 Å². The number of hydrogen-bond acceptors (Lipinski definition) is 6. The smallest absolute Gasteiger partial charge is 0.224 e. The Hall–Kier alpha value is -1.40. The highest BCUT2D eigenvalue weighted by Crippen LogP contribution is 2.22. The van der Waals surface area contributed by atoms with Gasteiger partial charge < -0.3 is 15.4 Å². The topological polar surface area (TPSA) is 62.3 Å². The van der Waals surface area contributed by atoms with Crippen molar-refractivity contribution >= 4 is 11.8 Å². The number of morpholine rings is 1. The molecule has 0 bridgehead atoms. The summed E-state index contributed by atoms with van der Waals surface area (Å²) in [6.45, 7) is 6.95. The van der Waals surface area contributed by atoms with Crippen LogP contribution in [0, 0.1) is 0 Å². The maximum absolute atomic E-state index is 5.95. The number of fused-ring (bicyclic) bond motifs is 1. The van der Waals surface area contributed by atoms with Crippen molar-refractivity contribution in [2.24, 2.45) is 0 Å². The Balaban J connectivity index is 1.48. The normalized spacial score (nSPS) is 25.6. The van der Waals surface area contributed by atoms with Crippen molar-refractivity contribution in [3.63, 3.8) is 0 Å². The lowest BCUT2D eigenvalue weighted by Crippen LogP contribution is -2.48. The molecule has 2 atom stereocenters. The zero-order chi connectivity index (χ0) is 14.5. The van der Waals surface area contributed by atoms with Gasteiger partial charge in [-0.2, -0.15) is 4.98 Å². The summed E-state index contributed by atoms with van der Waals surface area (Å²) in [5.41, 5.74) is 0. The maximum atomic E-state index is 5.95. The molecule has 1 aromatic heterocycles. The molecule has 0 aromatic carbocycles. The molecular weight excluding hydrogens is 266 g/mol. The van der Waals surface area contributed by atoms with E-state index in [4.69, 9.17) is 4.74 Å². The number of ether oxygens (including phenoxy) is 1. The fourth-order valence-corrected chi connectivity index (χ4v) is 3.01. The van der Waals surface area contributed by atoms with E-state index in [0.29, 0.717) is 12.0 Å². The van der Waals surface area contributed by atoms with Crippen LogP contribution in [0.1, 0.15) is 26.2 Å². The first-order valence-electron chi connectivity index (χ1n) is 8.01. The van der Waals surface area contributed by atoms with E-state index >= 15 is 0 Å². The van der Waals surface area contributed by atoms with Crippen LogP contribution in [0.15, 0.2) is 12.3 Å². The number of aromatic nitrogens is 2. The van der Waals surface area contributed by atoms with Gasteiger partial charge in [-0.15, -0.1) is 0 Å². The SMILES string of the molecule is CCCNc1nccc(NCC2CN3CCCC3CO2)n1. The molecule has 2 N–H and O–H groups in total. The fourth-order valence-electron chi connectivity index (χ4n) is 3.01. The van der Waals surface area contributed by atoms with Crippen LogP contribution in [0.2, 0.25) is 0 Å². The zero-order valence-electron chi connectivity index (χ0n) is 12.7. The summed E-state index contributed by atoms with van der Waals surface area (Å²) >= 11 is 0. The molecule has 0 aliphatic carbocycles. The number of hydrogen-bond donors (Lipinski definition) is 2. The third kappa shape index (κ3) is 3.83. The molecule has 21 heavy (non-hydrogen) atoms. The molecule has 3 heterocycles. The molecule has 116 valence electrons. The number of nitrogens with zero attached hydrogens (tertiary/aromatic N) is 3. The second-order valence-corrected chi connectivity index (χ2v) is 5.82. The van der Waals surface area contributed by atoms with Crippen LogP contribution in [-0.2, 0) is 4.74 Å². The van der Waals surface area contributed by atoms with Gasteiger partial charge in [0.2, 0.25) is 5.95 Å². The third-order valence-electron chi connectivity index (χ3n) is 4.16. The number of nitrogens with one attached hydrogen (secondary N) is 2. The van der Waals surface area contributed by atoms with E-state index in [2.05, 4.69) is 32.4 Å². The van der Waals surface area contributed by atoms with Crippen LogP contribution in [-0.4, -0.2) is 59.8 Å². The molecule has 1 aromatic rings. The monoisotopic (exact) mass is 291 g/mol. The molecule has 2 saturated heterocycles. The standard InChI is InChI=1S/C15H25N5O/c1-2-6-16-15-17-7-5-14(19-15)18-9-13-10-20-8-3-4-12(20)11-21-13/h5,7,12-13H,2-4,6,8-11H2,1H3,(H2,16,17,18,19). The molecule has 6 nitrogen and oxygen atoms in total. The maximum Gasteiger partial charge on any atom is 0.224 e. The van der Waals surface area contributed by atoms with Crippen LogP contribution in [0.3, 0.4) is 0 Å². The molecular formula is C15H25N5O. The Kier molecular flexibility index (Phi) is 4.87. The predicted octanol–water partition coefficient (Wildman–Crippen LogP) is 1.57. The Bertz CT molecular complexity index is 455. The van der Waals surface area contributed by atoms with Crippen molar-refractivity contribution in [3.8, 4) is 0 Å². The molecule has 2 aliphatic rings. The summed E-state index contributed by atoms with van der Waals surface area (Å²) in [4.78, 5) is 11.2. The summed E-state index contributed by atoms with van der Waals surface area (Å²) in [5, 5.41) is 6.57. The van der Waals surface area contributed by atoms with E-state index in [1.165, 1.54) is 19.4 Å². The van der Waals surface area contributed by atoms with Crippen molar-refractivity contribution < 1.29 is 4.74 Å². The van der Waals surface area contributed by atoms with Crippen molar-refractivity contribution in [1.82, 2.24) is 14.9 Å². The highest BCUT2D eigenvalue weighted by Gasteiger charge is 2.31. The lowest BCUT2D eigenvalue weighted by molar-refractivity contribution is -0.0416. The van der Waals surface area contributed by atoms with E-state index < -0.39 is 0 Å². The second-order valence-electron chi connectivity index (χ2n) is 5.82. The van der Waals surface area contributed by atoms with Crippen molar-refractivity contribution in [2.75, 3.05) is 43.4 Å². The molecule has 2 unspecified atom stereocenters. The first-order valence-corrected chi connectivity index (χ1v) is 8.01. The highest BCUT2D eigenvalue weighted by molar-refractivity contribution is 5.39. The predicted molar refractivity (Wildman–Crippen MR) is 83.6 cm³/mol. The molecule has 0 saturated carbocycles. The summed E-state index contributed by atoms with van der Waals surface area (Å²) in [6.07, 6.45) is 5.70.